The summed E-state index contributed by atoms with van der Waals surface area (Å²) in [5.41, 5.74) is 1.06. The Labute approximate surface area is 155 Å². The van der Waals surface area contributed by atoms with Gasteiger partial charge < -0.3 is 14.2 Å². The van der Waals surface area contributed by atoms with E-state index in [0.717, 1.165) is 41.5 Å². The summed E-state index contributed by atoms with van der Waals surface area (Å²) in [6.45, 7) is 1.90. The number of ether oxygens (including phenoxy) is 3. The number of likely N-dealkylation sites (N-methyl/N-ethyl adjacent to an activating group) is 1. The Morgan fingerprint density at radius 3 is 3.08 bits per heavy atom. The third-order valence-corrected chi connectivity index (χ3v) is 5.13. The molecule has 1 aromatic carbocycles. The molecule has 8 nitrogen and oxygen atoms in total. The third kappa shape index (κ3) is 3.95. The number of nitrogens with one attached hydrogen (secondary N) is 1. The van der Waals surface area contributed by atoms with Crippen LogP contribution < -0.4 is 14.8 Å². The van der Waals surface area contributed by atoms with E-state index in [1.807, 2.05) is 30.1 Å². The molecule has 0 aliphatic carbocycles. The van der Waals surface area contributed by atoms with Gasteiger partial charge in [-0.1, -0.05) is 17.4 Å². The normalized spacial score (nSPS) is 18.5. The lowest BCUT2D eigenvalue weighted by molar-refractivity contribution is -0.117. The number of amides is 1. The molecule has 1 N–H and O–H groups in total. The van der Waals surface area contributed by atoms with Crippen molar-refractivity contribution in [3.63, 3.8) is 0 Å². The maximum absolute atomic E-state index is 12.2. The third-order valence-electron chi connectivity index (χ3n) is 4.20. The van der Waals surface area contributed by atoms with Crippen LogP contribution in [-0.2, 0) is 16.1 Å². The minimum atomic E-state index is -0.122. The zero-order chi connectivity index (χ0) is 17.9. The van der Waals surface area contributed by atoms with E-state index in [1.54, 1.807) is 0 Å². The molecule has 1 amide bonds. The quantitative estimate of drug-likeness (QED) is 0.827. The van der Waals surface area contributed by atoms with Gasteiger partial charge in [0.05, 0.1) is 6.54 Å². The summed E-state index contributed by atoms with van der Waals surface area (Å²) in [5.74, 6) is 1.38. The van der Waals surface area contributed by atoms with Gasteiger partial charge in [-0.25, -0.2) is 0 Å². The Hall–Kier alpha value is -2.23. The van der Waals surface area contributed by atoms with Crippen LogP contribution in [0.3, 0.4) is 0 Å². The first-order valence-electron chi connectivity index (χ1n) is 8.49. The van der Waals surface area contributed by atoms with Crippen molar-refractivity contribution in [2.75, 3.05) is 32.3 Å². The van der Waals surface area contributed by atoms with Gasteiger partial charge in [-0.15, -0.1) is 10.2 Å². The smallest absolute Gasteiger partial charge is 0.240 e. The fraction of sp³-hybridized carbons (Fsp3) is 0.471. The van der Waals surface area contributed by atoms with Crippen molar-refractivity contribution in [2.24, 2.45) is 0 Å². The summed E-state index contributed by atoms with van der Waals surface area (Å²) in [7, 11) is 1.89. The van der Waals surface area contributed by atoms with Crippen LogP contribution in [0.5, 0.6) is 11.5 Å². The number of carbonyl (C=O) groups is 1. The van der Waals surface area contributed by atoms with E-state index < -0.39 is 0 Å². The number of hydrogen-bond acceptors (Lipinski definition) is 8. The minimum absolute atomic E-state index is 0.0202. The van der Waals surface area contributed by atoms with Crippen molar-refractivity contribution in [1.82, 2.24) is 15.1 Å². The van der Waals surface area contributed by atoms with Gasteiger partial charge in [-0.05, 0) is 37.6 Å². The summed E-state index contributed by atoms with van der Waals surface area (Å²) in [6, 6.07) is 5.80. The Kier molecular flexibility index (Phi) is 5.00. The molecule has 1 atom stereocenters. The first-order valence-corrected chi connectivity index (χ1v) is 9.31. The van der Waals surface area contributed by atoms with E-state index in [4.69, 9.17) is 14.2 Å². The number of aromatic nitrogens is 2. The number of anilines is 1. The van der Waals surface area contributed by atoms with Gasteiger partial charge >= 0.3 is 0 Å². The topological polar surface area (TPSA) is 85.8 Å². The van der Waals surface area contributed by atoms with Crippen molar-refractivity contribution in [3.8, 4) is 11.5 Å². The average Bonchev–Trinajstić information content (AvgIpc) is 3.35. The molecule has 138 valence electrons. The number of carbonyl (C=O) groups excluding carboxylic acids is 1. The van der Waals surface area contributed by atoms with Gasteiger partial charge in [0, 0.05) is 13.2 Å². The van der Waals surface area contributed by atoms with E-state index in [-0.39, 0.29) is 25.3 Å². The molecule has 9 heteroatoms. The van der Waals surface area contributed by atoms with Crippen LogP contribution in [0.1, 0.15) is 29.5 Å². The minimum Gasteiger partial charge on any atom is -0.454 e. The Morgan fingerprint density at radius 2 is 2.23 bits per heavy atom. The molecular formula is C17H20N4O4S. The number of benzene rings is 1. The summed E-state index contributed by atoms with van der Waals surface area (Å²) < 4.78 is 16.3. The van der Waals surface area contributed by atoms with Gasteiger partial charge in [0.1, 0.15) is 11.1 Å². The van der Waals surface area contributed by atoms with Gasteiger partial charge in [-0.2, -0.15) is 0 Å². The molecule has 4 rings (SSSR count). The van der Waals surface area contributed by atoms with Crippen LogP contribution in [0, 0.1) is 0 Å². The summed E-state index contributed by atoms with van der Waals surface area (Å²) in [5, 5.41) is 12.3. The first-order chi connectivity index (χ1) is 12.7. The van der Waals surface area contributed by atoms with Crippen molar-refractivity contribution in [1.29, 1.82) is 0 Å². The summed E-state index contributed by atoms with van der Waals surface area (Å²) >= 11 is 1.37. The molecule has 1 fully saturated rings. The van der Waals surface area contributed by atoms with Crippen LogP contribution in [-0.4, -0.2) is 48.0 Å². The van der Waals surface area contributed by atoms with Crippen molar-refractivity contribution in [2.45, 2.75) is 25.5 Å². The van der Waals surface area contributed by atoms with Crippen LogP contribution in [0.15, 0.2) is 18.2 Å². The van der Waals surface area contributed by atoms with Gasteiger partial charge in [0.15, 0.2) is 11.5 Å². The summed E-state index contributed by atoms with van der Waals surface area (Å²) in [6.07, 6.45) is 2.02. The highest BCUT2D eigenvalue weighted by molar-refractivity contribution is 7.15. The van der Waals surface area contributed by atoms with Crippen molar-refractivity contribution < 1.29 is 19.0 Å². The zero-order valence-electron chi connectivity index (χ0n) is 14.4. The first kappa shape index (κ1) is 17.2. The Bertz CT molecular complexity index is 791. The SMILES string of the molecule is CN(CC(=O)Nc1nnc([C@H]2CCCO2)s1)Cc1ccc2c(c1)OCO2. The number of nitrogens with zero attached hydrogens (tertiary/aromatic N) is 3. The Morgan fingerprint density at radius 1 is 1.35 bits per heavy atom. The molecule has 0 radical (unpaired) electrons. The number of hydrogen-bond donors (Lipinski definition) is 1. The van der Waals surface area contributed by atoms with Crippen LogP contribution >= 0.6 is 11.3 Å². The lowest BCUT2D eigenvalue weighted by Gasteiger charge is -2.16. The second-order valence-electron chi connectivity index (χ2n) is 6.36. The Balaban J connectivity index is 1.28. The van der Waals surface area contributed by atoms with E-state index in [1.165, 1.54) is 11.3 Å². The molecule has 2 aliphatic rings. The second kappa shape index (κ2) is 7.56. The van der Waals surface area contributed by atoms with E-state index in [0.29, 0.717) is 11.7 Å². The van der Waals surface area contributed by atoms with E-state index >= 15 is 0 Å². The summed E-state index contributed by atoms with van der Waals surface area (Å²) in [4.78, 5) is 14.2. The molecular weight excluding hydrogens is 356 g/mol. The highest BCUT2D eigenvalue weighted by atomic mass is 32.1. The lowest BCUT2D eigenvalue weighted by Crippen LogP contribution is -2.29. The molecule has 0 unspecified atom stereocenters. The van der Waals surface area contributed by atoms with Crippen LogP contribution in [0.4, 0.5) is 5.13 Å². The number of rotatable bonds is 6. The standard InChI is InChI=1S/C17H20N4O4S/c1-21(8-11-4-5-12-14(7-11)25-10-24-12)9-15(22)18-17-20-19-16(26-17)13-3-2-6-23-13/h4-5,7,13H,2-3,6,8-10H2,1H3,(H,18,20,22)/t13-/m1/s1. The largest absolute Gasteiger partial charge is 0.454 e. The predicted molar refractivity (Wildman–Crippen MR) is 95.4 cm³/mol. The molecule has 0 saturated carbocycles. The number of fused-ring (bicyclic) bond motifs is 1. The molecule has 0 bridgehead atoms. The second-order valence-corrected chi connectivity index (χ2v) is 7.36. The fourth-order valence-corrected chi connectivity index (χ4v) is 3.84. The molecule has 1 aromatic heterocycles. The molecule has 26 heavy (non-hydrogen) atoms. The van der Waals surface area contributed by atoms with Gasteiger partial charge in [-0.3, -0.25) is 15.0 Å². The van der Waals surface area contributed by atoms with Crippen LogP contribution in [0.25, 0.3) is 0 Å². The molecule has 1 saturated heterocycles. The average molecular weight is 376 g/mol. The predicted octanol–water partition coefficient (Wildman–Crippen LogP) is 2.19. The molecule has 2 aromatic rings. The van der Waals surface area contributed by atoms with Gasteiger partial charge in [0.25, 0.3) is 0 Å². The zero-order valence-corrected chi connectivity index (χ0v) is 15.3. The monoisotopic (exact) mass is 376 g/mol. The maximum Gasteiger partial charge on any atom is 0.240 e. The van der Waals surface area contributed by atoms with Crippen molar-refractivity contribution in [3.05, 3.63) is 28.8 Å². The highest BCUT2D eigenvalue weighted by Crippen LogP contribution is 2.33. The maximum atomic E-state index is 12.2. The molecule has 0 spiro atoms. The molecule has 2 aliphatic heterocycles. The van der Waals surface area contributed by atoms with E-state index in [9.17, 15) is 4.79 Å². The van der Waals surface area contributed by atoms with Crippen LogP contribution in [0.2, 0.25) is 0 Å². The lowest BCUT2D eigenvalue weighted by atomic mass is 10.2. The highest BCUT2D eigenvalue weighted by Gasteiger charge is 2.22. The van der Waals surface area contributed by atoms with Gasteiger partial charge in [0.2, 0.25) is 17.8 Å². The van der Waals surface area contributed by atoms with Crippen molar-refractivity contribution >= 4 is 22.4 Å². The van der Waals surface area contributed by atoms with E-state index in [2.05, 4.69) is 15.5 Å². The fourth-order valence-electron chi connectivity index (χ4n) is 3.00. The molecule has 3 heterocycles.